The molecular weight excluding hydrogens is 288 g/mol. The Kier molecular flexibility index (Phi) is 2.46. The van der Waals surface area contributed by atoms with Crippen molar-refractivity contribution < 1.29 is 0 Å². The van der Waals surface area contributed by atoms with Gasteiger partial charge in [0.05, 0.1) is 11.7 Å². The molecule has 0 N–H and O–H groups in total. The van der Waals surface area contributed by atoms with Crippen LogP contribution in [0.25, 0.3) is 33.3 Å². The van der Waals surface area contributed by atoms with Gasteiger partial charge in [-0.05, 0) is 40.3 Å². The molecule has 5 rings (SSSR count). The number of benzene rings is 3. The fraction of sp³-hybridized carbons (Fsp3) is 0.0526. The van der Waals surface area contributed by atoms with Gasteiger partial charge in [0.25, 0.3) is 0 Å². The van der Waals surface area contributed by atoms with Gasteiger partial charge < -0.3 is 0 Å². The third kappa shape index (κ3) is 1.66. The van der Waals surface area contributed by atoms with Crippen molar-refractivity contribution in [2.24, 2.45) is 0 Å². The highest BCUT2D eigenvalue weighted by Gasteiger charge is 2.18. The SMILES string of the molecule is c1ccc2c(c1)Cc1cc(-c3cccc4nsnc34)ccc1-2. The van der Waals surface area contributed by atoms with Crippen LogP contribution in [0.15, 0.2) is 60.7 Å². The average molecular weight is 300 g/mol. The lowest BCUT2D eigenvalue weighted by Crippen LogP contribution is -1.85. The highest BCUT2D eigenvalue weighted by Crippen LogP contribution is 2.39. The molecule has 2 nitrogen and oxygen atoms in total. The molecule has 1 heterocycles. The Bertz CT molecular complexity index is 1020. The molecule has 0 spiro atoms. The molecule has 0 fully saturated rings. The number of hydrogen-bond donors (Lipinski definition) is 0. The molecule has 22 heavy (non-hydrogen) atoms. The van der Waals surface area contributed by atoms with Gasteiger partial charge in [-0.3, -0.25) is 0 Å². The molecule has 4 aromatic rings. The highest BCUT2D eigenvalue weighted by molar-refractivity contribution is 7.00. The van der Waals surface area contributed by atoms with Crippen molar-refractivity contribution >= 4 is 22.8 Å². The van der Waals surface area contributed by atoms with Crippen molar-refractivity contribution in [2.75, 3.05) is 0 Å². The van der Waals surface area contributed by atoms with Gasteiger partial charge >= 0.3 is 0 Å². The van der Waals surface area contributed by atoms with Gasteiger partial charge in [0.1, 0.15) is 11.0 Å². The van der Waals surface area contributed by atoms with Gasteiger partial charge in [0, 0.05) is 5.56 Å². The minimum atomic E-state index is 0.978. The summed E-state index contributed by atoms with van der Waals surface area (Å²) in [5.41, 5.74) is 9.94. The van der Waals surface area contributed by atoms with Gasteiger partial charge in [-0.1, -0.05) is 54.6 Å². The van der Waals surface area contributed by atoms with Gasteiger partial charge in [-0.2, -0.15) is 8.75 Å². The van der Waals surface area contributed by atoms with E-state index in [9.17, 15) is 0 Å². The molecule has 1 aliphatic rings. The summed E-state index contributed by atoms with van der Waals surface area (Å²) in [6.45, 7) is 0. The molecule has 0 saturated carbocycles. The maximum absolute atomic E-state index is 4.46. The summed E-state index contributed by atoms with van der Waals surface area (Å²) in [4.78, 5) is 0. The quantitative estimate of drug-likeness (QED) is 0.438. The maximum atomic E-state index is 4.46. The first-order valence-electron chi connectivity index (χ1n) is 7.33. The van der Waals surface area contributed by atoms with Crippen molar-refractivity contribution in [1.82, 2.24) is 8.75 Å². The summed E-state index contributed by atoms with van der Waals surface area (Å²) in [7, 11) is 0. The zero-order chi connectivity index (χ0) is 14.5. The molecule has 0 radical (unpaired) electrons. The summed E-state index contributed by atoms with van der Waals surface area (Å²) < 4.78 is 8.80. The Hall–Kier alpha value is -2.52. The van der Waals surface area contributed by atoms with E-state index < -0.39 is 0 Å². The van der Waals surface area contributed by atoms with Crippen LogP contribution in [-0.4, -0.2) is 8.75 Å². The van der Waals surface area contributed by atoms with Gasteiger partial charge in [0.2, 0.25) is 0 Å². The predicted molar refractivity (Wildman–Crippen MR) is 91.1 cm³/mol. The fourth-order valence-corrected chi connectivity index (χ4v) is 3.90. The Labute approximate surface area is 132 Å². The molecule has 0 saturated heterocycles. The maximum Gasteiger partial charge on any atom is 0.112 e. The van der Waals surface area contributed by atoms with E-state index in [0.717, 1.165) is 17.5 Å². The van der Waals surface area contributed by atoms with E-state index in [2.05, 4.69) is 63.3 Å². The minimum Gasteiger partial charge on any atom is -0.173 e. The van der Waals surface area contributed by atoms with Crippen molar-refractivity contribution in [3.8, 4) is 22.3 Å². The van der Waals surface area contributed by atoms with Gasteiger partial charge in [-0.15, -0.1) is 0 Å². The summed E-state index contributed by atoms with van der Waals surface area (Å²) in [6.07, 6.45) is 1.02. The Morgan fingerprint density at radius 3 is 2.59 bits per heavy atom. The van der Waals surface area contributed by atoms with E-state index >= 15 is 0 Å². The first-order chi connectivity index (χ1) is 10.9. The molecular formula is C19H12N2S. The molecule has 3 heteroatoms. The molecule has 1 aliphatic carbocycles. The molecule has 0 aliphatic heterocycles. The largest absolute Gasteiger partial charge is 0.173 e. The number of nitrogens with zero attached hydrogens (tertiary/aromatic N) is 2. The van der Waals surface area contributed by atoms with Crippen molar-refractivity contribution in [3.63, 3.8) is 0 Å². The van der Waals surface area contributed by atoms with Crippen LogP contribution in [0.5, 0.6) is 0 Å². The van der Waals surface area contributed by atoms with Crippen molar-refractivity contribution in [3.05, 3.63) is 71.8 Å². The normalized spacial score (nSPS) is 12.4. The summed E-state index contributed by atoms with van der Waals surface area (Å²) >= 11 is 1.28. The Morgan fingerprint density at radius 2 is 1.59 bits per heavy atom. The second kappa shape index (κ2) is 4.49. The third-order valence-corrected chi connectivity index (χ3v) is 4.93. The van der Waals surface area contributed by atoms with E-state index in [4.69, 9.17) is 0 Å². The summed E-state index contributed by atoms with van der Waals surface area (Å²) in [5.74, 6) is 0. The van der Waals surface area contributed by atoms with Crippen LogP contribution in [0.2, 0.25) is 0 Å². The van der Waals surface area contributed by atoms with Crippen LogP contribution in [0.1, 0.15) is 11.1 Å². The number of fused-ring (bicyclic) bond motifs is 4. The fourth-order valence-electron chi connectivity index (χ4n) is 3.35. The van der Waals surface area contributed by atoms with Crippen LogP contribution in [0, 0.1) is 0 Å². The molecule has 0 bridgehead atoms. The molecule has 3 aromatic carbocycles. The molecule has 1 aromatic heterocycles. The first kappa shape index (κ1) is 12.1. The lowest BCUT2D eigenvalue weighted by atomic mass is 9.98. The Balaban J connectivity index is 1.70. The topological polar surface area (TPSA) is 25.8 Å². The highest BCUT2D eigenvalue weighted by atomic mass is 32.1. The monoisotopic (exact) mass is 300 g/mol. The summed E-state index contributed by atoms with van der Waals surface area (Å²) in [5, 5.41) is 0. The van der Waals surface area contributed by atoms with Crippen LogP contribution in [-0.2, 0) is 6.42 Å². The minimum absolute atomic E-state index is 0.978. The zero-order valence-electron chi connectivity index (χ0n) is 11.8. The molecule has 0 amide bonds. The summed E-state index contributed by atoms with van der Waals surface area (Å²) in [6, 6.07) is 21.6. The second-order valence-corrected chi connectivity index (χ2v) is 6.17. The number of aromatic nitrogens is 2. The Morgan fingerprint density at radius 1 is 0.727 bits per heavy atom. The predicted octanol–water partition coefficient (Wildman–Crippen LogP) is 4.93. The second-order valence-electron chi connectivity index (χ2n) is 5.64. The number of hydrogen-bond acceptors (Lipinski definition) is 3. The van der Waals surface area contributed by atoms with Gasteiger partial charge in [-0.25, -0.2) is 0 Å². The lowest BCUT2D eigenvalue weighted by Gasteiger charge is -2.06. The van der Waals surface area contributed by atoms with Crippen molar-refractivity contribution in [2.45, 2.75) is 6.42 Å². The molecule has 104 valence electrons. The van der Waals surface area contributed by atoms with Gasteiger partial charge in [0.15, 0.2) is 0 Å². The third-order valence-electron chi connectivity index (χ3n) is 4.39. The van der Waals surface area contributed by atoms with E-state index in [1.165, 1.54) is 45.1 Å². The number of rotatable bonds is 1. The first-order valence-corrected chi connectivity index (χ1v) is 8.06. The standard InChI is InChI=1S/C19H12N2S/c1-2-5-15-12(4-1)10-14-11-13(8-9-16(14)15)17-6-3-7-18-19(17)21-22-20-18/h1-9,11H,10H2. The van der Waals surface area contributed by atoms with Crippen LogP contribution in [0.3, 0.4) is 0 Å². The van der Waals surface area contributed by atoms with Crippen LogP contribution >= 0.6 is 11.7 Å². The van der Waals surface area contributed by atoms with E-state index in [0.29, 0.717) is 0 Å². The van der Waals surface area contributed by atoms with Crippen LogP contribution in [0.4, 0.5) is 0 Å². The van der Waals surface area contributed by atoms with E-state index in [-0.39, 0.29) is 0 Å². The van der Waals surface area contributed by atoms with E-state index in [1.54, 1.807) is 0 Å². The smallest absolute Gasteiger partial charge is 0.112 e. The van der Waals surface area contributed by atoms with E-state index in [1.807, 2.05) is 6.07 Å². The zero-order valence-corrected chi connectivity index (χ0v) is 12.6. The van der Waals surface area contributed by atoms with Crippen molar-refractivity contribution in [1.29, 1.82) is 0 Å². The molecule has 0 unspecified atom stereocenters. The lowest BCUT2D eigenvalue weighted by molar-refractivity contribution is 1.26. The van der Waals surface area contributed by atoms with Crippen LogP contribution < -0.4 is 0 Å². The molecule has 0 atom stereocenters. The average Bonchev–Trinajstić information content (AvgIpc) is 3.18.